The third-order valence-electron chi connectivity index (χ3n) is 3.41. The van der Waals surface area contributed by atoms with Gasteiger partial charge in [-0.3, -0.25) is 0 Å². The first kappa shape index (κ1) is 12.8. The second-order valence-corrected chi connectivity index (χ2v) is 5.23. The summed E-state index contributed by atoms with van der Waals surface area (Å²) in [5, 5.41) is 12.9. The summed E-state index contributed by atoms with van der Waals surface area (Å²) in [7, 11) is 0. The number of halogens is 1. The zero-order valence-electron chi connectivity index (χ0n) is 10.8. The summed E-state index contributed by atoms with van der Waals surface area (Å²) in [5.41, 5.74) is 9.79. The Balaban J connectivity index is 2.02. The van der Waals surface area contributed by atoms with Gasteiger partial charge in [0.15, 0.2) is 0 Å². The molecule has 1 aliphatic carbocycles. The molecular weight excluding hydrogens is 272 g/mol. The van der Waals surface area contributed by atoms with Crippen molar-refractivity contribution in [1.82, 2.24) is 4.98 Å². The van der Waals surface area contributed by atoms with Gasteiger partial charge in [0.25, 0.3) is 0 Å². The molecule has 0 amide bonds. The molecule has 5 heteroatoms. The molecule has 0 radical (unpaired) electrons. The van der Waals surface area contributed by atoms with E-state index < -0.39 is 0 Å². The Labute approximate surface area is 122 Å². The molecule has 1 aromatic carbocycles. The maximum atomic E-state index is 9.26. The van der Waals surface area contributed by atoms with Crippen molar-refractivity contribution in [3.05, 3.63) is 46.1 Å². The molecule has 0 bridgehead atoms. The highest BCUT2D eigenvalue weighted by atomic mass is 35.5. The van der Waals surface area contributed by atoms with E-state index in [0.29, 0.717) is 27.8 Å². The van der Waals surface area contributed by atoms with E-state index in [1.807, 2.05) is 6.07 Å². The van der Waals surface area contributed by atoms with Crippen LogP contribution in [0, 0.1) is 11.3 Å². The van der Waals surface area contributed by atoms with Crippen molar-refractivity contribution in [1.29, 1.82) is 5.26 Å². The number of hydrogen-bond donors (Lipinski definition) is 2. The molecule has 0 unspecified atom stereocenters. The van der Waals surface area contributed by atoms with Gasteiger partial charge in [0, 0.05) is 11.4 Å². The van der Waals surface area contributed by atoms with E-state index in [0.717, 1.165) is 25.0 Å². The summed E-state index contributed by atoms with van der Waals surface area (Å²) >= 11 is 6.13. The smallest absolute Gasteiger partial charge is 0.148 e. The second kappa shape index (κ2) is 5.03. The lowest BCUT2D eigenvalue weighted by Crippen LogP contribution is -2.01. The van der Waals surface area contributed by atoms with Gasteiger partial charge in [-0.15, -0.1) is 0 Å². The lowest BCUT2D eigenvalue weighted by Gasteiger charge is -2.11. The third-order valence-corrected chi connectivity index (χ3v) is 3.74. The van der Waals surface area contributed by atoms with Crippen molar-refractivity contribution in [3.8, 4) is 6.07 Å². The number of anilines is 3. The Morgan fingerprint density at radius 1 is 1.30 bits per heavy atom. The van der Waals surface area contributed by atoms with E-state index in [1.165, 1.54) is 5.56 Å². The first-order valence-electron chi connectivity index (χ1n) is 6.42. The number of aryl methyl sites for hydroxylation is 2. The van der Waals surface area contributed by atoms with Crippen LogP contribution in [0.2, 0.25) is 5.02 Å². The number of hydrogen-bond acceptors (Lipinski definition) is 4. The Morgan fingerprint density at radius 3 is 2.95 bits per heavy atom. The Hall–Kier alpha value is -2.25. The predicted molar refractivity (Wildman–Crippen MR) is 80.1 cm³/mol. The highest BCUT2D eigenvalue weighted by Gasteiger charge is 2.17. The van der Waals surface area contributed by atoms with Gasteiger partial charge in [0.2, 0.25) is 0 Å². The van der Waals surface area contributed by atoms with Gasteiger partial charge < -0.3 is 11.1 Å². The first-order chi connectivity index (χ1) is 9.67. The van der Waals surface area contributed by atoms with Crippen LogP contribution in [0.15, 0.2) is 24.3 Å². The summed E-state index contributed by atoms with van der Waals surface area (Å²) in [5.74, 6) is 0.542. The monoisotopic (exact) mass is 284 g/mol. The normalized spacial score (nSPS) is 12.8. The maximum Gasteiger partial charge on any atom is 0.148 e. The number of aromatic nitrogens is 1. The van der Waals surface area contributed by atoms with E-state index in [2.05, 4.69) is 16.4 Å². The Morgan fingerprint density at radius 2 is 2.15 bits per heavy atom. The minimum absolute atomic E-state index is 0.532. The zero-order chi connectivity index (χ0) is 14.1. The van der Waals surface area contributed by atoms with E-state index in [-0.39, 0.29) is 0 Å². The number of nitrogens with zero attached hydrogens (tertiary/aromatic N) is 2. The van der Waals surface area contributed by atoms with Crippen LogP contribution in [-0.2, 0) is 12.8 Å². The summed E-state index contributed by atoms with van der Waals surface area (Å²) in [6.45, 7) is 0. The summed E-state index contributed by atoms with van der Waals surface area (Å²) in [4.78, 5) is 4.56. The number of nitrogen functional groups attached to an aromatic ring is 1. The minimum Gasteiger partial charge on any atom is -0.399 e. The second-order valence-electron chi connectivity index (χ2n) is 4.82. The van der Waals surface area contributed by atoms with Crippen molar-refractivity contribution in [2.45, 2.75) is 19.3 Å². The van der Waals surface area contributed by atoms with Crippen LogP contribution in [0.3, 0.4) is 0 Å². The average molecular weight is 285 g/mol. The molecule has 0 saturated carbocycles. The molecule has 0 spiro atoms. The standard InChI is InChI=1S/C15H13ClN4/c16-12-5-4-11(18)7-14(12)20-15-10(8-17)6-9-2-1-3-13(9)19-15/h4-7H,1-3,18H2,(H,19,20). The molecule has 4 nitrogen and oxygen atoms in total. The molecule has 20 heavy (non-hydrogen) atoms. The van der Waals surface area contributed by atoms with Crippen LogP contribution in [0.4, 0.5) is 17.2 Å². The highest BCUT2D eigenvalue weighted by molar-refractivity contribution is 6.33. The van der Waals surface area contributed by atoms with E-state index in [4.69, 9.17) is 17.3 Å². The minimum atomic E-state index is 0.532. The van der Waals surface area contributed by atoms with Crippen LogP contribution in [0.1, 0.15) is 23.2 Å². The maximum absolute atomic E-state index is 9.26. The van der Waals surface area contributed by atoms with Crippen LogP contribution < -0.4 is 11.1 Å². The molecule has 3 rings (SSSR count). The van der Waals surface area contributed by atoms with Crippen molar-refractivity contribution < 1.29 is 0 Å². The molecule has 1 aromatic heterocycles. The van der Waals surface area contributed by atoms with Crippen LogP contribution in [0.25, 0.3) is 0 Å². The van der Waals surface area contributed by atoms with Gasteiger partial charge in [0.1, 0.15) is 11.9 Å². The molecule has 3 N–H and O–H groups in total. The number of pyridine rings is 1. The van der Waals surface area contributed by atoms with Crippen LogP contribution >= 0.6 is 11.6 Å². The predicted octanol–water partition coefficient (Wildman–Crippen LogP) is 3.42. The lowest BCUT2D eigenvalue weighted by atomic mass is 10.1. The molecule has 1 heterocycles. The van der Waals surface area contributed by atoms with Gasteiger partial charge in [-0.25, -0.2) is 4.98 Å². The van der Waals surface area contributed by atoms with Gasteiger partial charge in [-0.2, -0.15) is 5.26 Å². The molecule has 0 atom stereocenters. The van der Waals surface area contributed by atoms with Gasteiger partial charge >= 0.3 is 0 Å². The van der Waals surface area contributed by atoms with Gasteiger partial charge in [0.05, 0.1) is 16.3 Å². The number of rotatable bonds is 2. The van der Waals surface area contributed by atoms with Crippen molar-refractivity contribution in [3.63, 3.8) is 0 Å². The third kappa shape index (κ3) is 2.28. The molecule has 0 fully saturated rings. The SMILES string of the molecule is N#Cc1cc2c(nc1Nc1cc(N)ccc1Cl)CCC2. The van der Waals surface area contributed by atoms with Crippen LogP contribution in [-0.4, -0.2) is 4.98 Å². The van der Waals surface area contributed by atoms with Gasteiger partial charge in [-0.05, 0) is 49.1 Å². The van der Waals surface area contributed by atoms with E-state index in [9.17, 15) is 5.26 Å². The Kier molecular flexibility index (Phi) is 3.21. The number of nitrogens with one attached hydrogen (secondary N) is 1. The molecule has 0 saturated heterocycles. The van der Waals surface area contributed by atoms with Crippen LogP contribution in [0.5, 0.6) is 0 Å². The summed E-state index contributed by atoms with van der Waals surface area (Å²) in [6, 6.07) is 9.28. The van der Waals surface area contributed by atoms with E-state index >= 15 is 0 Å². The molecule has 1 aliphatic rings. The summed E-state index contributed by atoms with van der Waals surface area (Å²) < 4.78 is 0. The fourth-order valence-electron chi connectivity index (χ4n) is 2.42. The topological polar surface area (TPSA) is 74.7 Å². The van der Waals surface area contributed by atoms with Crippen molar-refractivity contribution >= 4 is 28.8 Å². The first-order valence-corrected chi connectivity index (χ1v) is 6.80. The van der Waals surface area contributed by atoms with E-state index in [1.54, 1.807) is 18.2 Å². The molecule has 2 aromatic rings. The number of nitriles is 1. The highest BCUT2D eigenvalue weighted by Crippen LogP contribution is 2.30. The van der Waals surface area contributed by atoms with Gasteiger partial charge in [-0.1, -0.05) is 11.6 Å². The lowest BCUT2D eigenvalue weighted by molar-refractivity contribution is 0.900. The Bertz CT molecular complexity index is 719. The fourth-order valence-corrected chi connectivity index (χ4v) is 2.58. The largest absolute Gasteiger partial charge is 0.399 e. The quantitative estimate of drug-likeness (QED) is 0.829. The zero-order valence-corrected chi connectivity index (χ0v) is 11.5. The fraction of sp³-hybridized carbons (Fsp3) is 0.200. The van der Waals surface area contributed by atoms with Crippen molar-refractivity contribution in [2.75, 3.05) is 11.1 Å². The summed E-state index contributed by atoms with van der Waals surface area (Å²) in [6.07, 6.45) is 3.05. The molecular formula is C15H13ClN4. The number of nitrogens with two attached hydrogens (primary N) is 1. The number of fused-ring (bicyclic) bond motifs is 1. The average Bonchev–Trinajstić information content (AvgIpc) is 2.89. The number of benzene rings is 1. The van der Waals surface area contributed by atoms with Crippen molar-refractivity contribution in [2.24, 2.45) is 0 Å². The molecule has 100 valence electrons. The molecule has 0 aliphatic heterocycles.